The van der Waals surface area contributed by atoms with Gasteiger partial charge in [0.25, 0.3) is 0 Å². The zero-order valence-electron chi connectivity index (χ0n) is 12.4. The maximum atomic E-state index is 9.78. The Balaban J connectivity index is 2.38. The number of aliphatic hydroxyl groups excluding tert-OH is 1. The monoisotopic (exact) mass is 261 g/mol. The number of hydrogen-bond acceptors (Lipinski definition) is 2. The van der Waals surface area contributed by atoms with Crippen molar-refractivity contribution >= 4 is 0 Å². The van der Waals surface area contributed by atoms with Crippen LogP contribution in [0.3, 0.4) is 0 Å². The number of piperidine rings is 1. The Morgan fingerprint density at radius 3 is 2.37 bits per heavy atom. The molecule has 2 nitrogen and oxygen atoms in total. The Morgan fingerprint density at radius 2 is 1.68 bits per heavy atom. The van der Waals surface area contributed by atoms with Crippen molar-refractivity contribution in [2.75, 3.05) is 7.05 Å². The lowest BCUT2D eigenvalue weighted by atomic mass is 9.94. The standard InChI is InChI=1S/C17H27NO/c1-4-5-6-7-8-9-10-11-12-16-13-14-17(19)15(2)18(16)3/h5-12,15-17,19H,4,13-14H2,1-3H3/b6-5+,8-7+,10-9+,12-11+/t15-,16+,17-/m0/s1. The van der Waals surface area contributed by atoms with Crippen LogP contribution in [0.1, 0.15) is 33.1 Å². The third kappa shape index (κ3) is 5.58. The molecule has 0 amide bonds. The van der Waals surface area contributed by atoms with E-state index in [0.29, 0.717) is 6.04 Å². The van der Waals surface area contributed by atoms with Gasteiger partial charge in [0.05, 0.1) is 6.10 Å². The van der Waals surface area contributed by atoms with Crippen LogP contribution in [0.5, 0.6) is 0 Å². The van der Waals surface area contributed by atoms with Crippen LogP contribution >= 0.6 is 0 Å². The topological polar surface area (TPSA) is 23.5 Å². The molecule has 1 aliphatic rings. The van der Waals surface area contributed by atoms with Gasteiger partial charge >= 0.3 is 0 Å². The van der Waals surface area contributed by atoms with Crippen LogP contribution in [0.15, 0.2) is 48.6 Å². The summed E-state index contributed by atoms with van der Waals surface area (Å²) in [5.41, 5.74) is 0. The van der Waals surface area contributed by atoms with Gasteiger partial charge in [0, 0.05) is 12.1 Å². The van der Waals surface area contributed by atoms with E-state index in [2.05, 4.69) is 56.2 Å². The SMILES string of the molecule is CC/C=C/C=C/C=C/C=C/[C@@H]1CC[C@H](O)[C@H](C)N1C. The van der Waals surface area contributed by atoms with Crippen molar-refractivity contribution < 1.29 is 5.11 Å². The molecule has 0 aromatic heterocycles. The molecular formula is C17H27NO. The van der Waals surface area contributed by atoms with Crippen LogP contribution in [0, 0.1) is 0 Å². The maximum absolute atomic E-state index is 9.78. The van der Waals surface area contributed by atoms with Gasteiger partial charge in [-0.2, -0.15) is 0 Å². The second-order valence-corrected chi connectivity index (χ2v) is 5.11. The normalized spacial score (nSPS) is 30.4. The second kappa shape index (κ2) is 8.89. The largest absolute Gasteiger partial charge is 0.392 e. The minimum absolute atomic E-state index is 0.182. The van der Waals surface area contributed by atoms with Gasteiger partial charge in [-0.1, -0.05) is 55.5 Å². The molecular weight excluding hydrogens is 234 g/mol. The van der Waals surface area contributed by atoms with Crippen molar-refractivity contribution in [2.45, 2.75) is 51.3 Å². The van der Waals surface area contributed by atoms with E-state index in [4.69, 9.17) is 0 Å². The zero-order valence-corrected chi connectivity index (χ0v) is 12.4. The Hall–Kier alpha value is -1.12. The average molecular weight is 261 g/mol. The first-order valence-electron chi connectivity index (χ1n) is 7.23. The molecule has 0 bridgehead atoms. The van der Waals surface area contributed by atoms with E-state index in [1.807, 2.05) is 18.2 Å². The molecule has 1 fully saturated rings. The van der Waals surface area contributed by atoms with E-state index >= 15 is 0 Å². The zero-order chi connectivity index (χ0) is 14.1. The van der Waals surface area contributed by atoms with Crippen molar-refractivity contribution in [2.24, 2.45) is 0 Å². The molecule has 0 aromatic carbocycles. The molecule has 0 aromatic rings. The Morgan fingerprint density at radius 1 is 1.05 bits per heavy atom. The molecule has 0 saturated carbocycles. The van der Waals surface area contributed by atoms with Gasteiger partial charge in [0.2, 0.25) is 0 Å². The Labute approximate surface area is 117 Å². The molecule has 1 heterocycles. The lowest BCUT2D eigenvalue weighted by Crippen LogP contribution is -2.48. The smallest absolute Gasteiger partial charge is 0.0693 e. The van der Waals surface area contributed by atoms with Crippen LogP contribution < -0.4 is 0 Å². The number of allylic oxidation sites excluding steroid dienone is 7. The number of aliphatic hydroxyl groups is 1. The minimum Gasteiger partial charge on any atom is -0.392 e. The van der Waals surface area contributed by atoms with Gasteiger partial charge in [-0.05, 0) is 33.2 Å². The van der Waals surface area contributed by atoms with Gasteiger partial charge in [-0.3, -0.25) is 4.90 Å². The number of hydrogen-bond donors (Lipinski definition) is 1. The first-order chi connectivity index (χ1) is 9.16. The summed E-state index contributed by atoms with van der Waals surface area (Å²) in [6.45, 7) is 4.21. The van der Waals surface area contributed by atoms with Crippen molar-refractivity contribution in [3.8, 4) is 0 Å². The third-order valence-electron chi connectivity index (χ3n) is 3.74. The van der Waals surface area contributed by atoms with E-state index in [9.17, 15) is 5.11 Å². The van der Waals surface area contributed by atoms with E-state index in [1.54, 1.807) is 0 Å². The van der Waals surface area contributed by atoms with E-state index in [-0.39, 0.29) is 12.1 Å². The van der Waals surface area contributed by atoms with Gasteiger partial charge < -0.3 is 5.11 Å². The van der Waals surface area contributed by atoms with Crippen molar-refractivity contribution in [1.29, 1.82) is 0 Å². The fourth-order valence-corrected chi connectivity index (χ4v) is 2.26. The van der Waals surface area contributed by atoms with Gasteiger partial charge in [-0.25, -0.2) is 0 Å². The molecule has 3 atom stereocenters. The highest BCUT2D eigenvalue weighted by Gasteiger charge is 2.28. The van der Waals surface area contributed by atoms with Crippen LogP contribution in [-0.2, 0) is 0 Å². The third-order valence-corrected chi connectivity index (χ3v) is 3.74. The van der Waals surface area contributed by atoms with Gasteiger partial charge in [-0.15, -0.1) is 0 Å². The maximum Gasteiger partial charge on any atom is 0.0693 e. The van der Waals surface area contributed by atoms with Gasteiger partial charge in [0.15, 0.2) is 0 Å². The van der Waals surface area contributed by atoms with Crippen molar-refractivity contribution in [1.82, 2.24) is 4.90 Å². The molecule has 0 unspecified atom stereocenters. The number of likely N-dealkylation sites (N-methyl/N-ethyl adjacent to an activating group) is 1. The summed E-state index contributed by atoms with van der Waals surface area (Å²) in [5, 5.41) is 9.78. The van der Waals surface area contributed by atoms with Crippen molar-refractivity contribution in [3.63, 3.8) is 0 Å². The molecule has 19 heavy (non-hydrogen) atoms. The second-order valence-electron chi connectivity index (χ2n) is 5.11. The molecule has 1 rings (SSSR count). The molecule has 1 aliphatic heterocycles. The van der Waals surface area contributed by atoms with E-state index in [1.165, 1.54) is 0 Å². The quantitative estimate of drug-likeness (QED) is 0.766. The molecule has 0 aliphatic carbocycles. The summed E-state index contributed by atoms with van der Waals surface area (Å²) in [6, 6.07) is 0.679. The average Bonchev–Trinajstić information content (AvgIpc) is 2.41. The van der Waals surface area contributed by atoms with Crippen LogP contribution in [-0.4, -0.2) is 35.2 Å². The highest BCUT2D eigenvalue weighted by molar-refractivity contribution is 5.16. The Bertz CT molecular complexity index is 354. The summed E-state index contributed by atoms with van der Waals surface area (Å²) >= 11 is 0. The molecule has 106 valence electrons. The lowest BCUT2D eigenvalue weighted by molar-refractivity contribution is 0.0153. The van der Waals surface area contributed by atoms with Crippen LogP contribution in [0.4, 0.5) is 0 Å². The summed E-state index contributed by atoms with van der Waals surface area (Å²) in [7, 11) is 2.08. The van der Waals surface area contributed by atoms with Crippen LogP contribution in [0.25, 0.3) is 0 Å². The number of likely N-dealkylation sites (tertiary alicyclic amines) is 1. The minimum atomic E-state index is -0.182. The summed E-state index contributed by atoms with van der Waals surface area (Å²) in [5.74, 6) is 0. The molecule has 0 spiro atoms. The van der Waals surface area contributed by atoms with E-state index < -0.39 is 0 Å². The van der Waals surface area contributed by atoms with Crippen LogP contribution in [0.2, 0.25) is 0 Å². The fourth-order valence-electron chi connectivity index (χ4n) is 2.26. The highest BCUT2D eigenvalue weighted by atomic mass is 16.3. The summed E-state index contributed by atoms with van der Waals surface area (Å²) < 4.78 is 0. The molecule has 0 radical (unpaired) electrons. The molecule has 2 heteroatoms. The predicted octanol–water partition coefficient (Wildman–Crippen LogP) is 3.46. The lowest BCUT2D eigenvalue weighted by Gasteiger charge is -2.39. The number of nitrogens with zero attached hydrogens (tertiary/aromatic N) is 1. The summed E-state index contributed by atoms with van der Waals surface area (Å²) in [6.07, 6.45) is 19.5. The molecule has 1 N–H and O–H groups in total. The number of rotatable bonds is 5. The Kier molecular flexibility index (Phi) is 7.46. The van der Waals surface area contributed by atoms with Gasteiger partial charge in [0.1, 0.15) is 0 Å². The van der Waals surface area contributed by atoms with Crippen molar-refractivity contribution in [3.05, 3.63) is 48.6 Å². The van der Waals surface area contributed by atoms with E-state index in [0.717, 1.165) is 19.3 Å². The fraction of sp³-hybridized carbons (Fsp3) is 0.529. The predicted molar refractivity (Wildman–Crippen MR) is 83.1 cm³/mol. The summed E-state index contributed by atoms with van der Waals surface area (Å²) in [4.78, 5) is 2.25. The molecule has 1 saturated heterocycles. The first-order valence-corrected chi connectivity index (χ1v) is 7.23. The first kappa shape index (κ1) is 15.9. The highest BCUT2D eigenvalue weighted by Crippen LogP contribution is 2.22.